The first kappa shape index (κ1) is 19.7. The minimum Gasteiger partial charge on any atom is -0.481 e. The van der Waals surface area contributed by atoms with E-state index in [1.54, 1.807) is 0 Å². The Hall–Kier alpha value is -2.58. The molecule has 9 heteroatoms. The zero-order valence-electron chi connectivity index (χ0n) is 14.3. The number of benzene rings is 1. The van der Waals surface area contributed by atoms with Crippen molar-refractivity contribution in [2.24, 2.45) is 5.92 Å². The summed E-state index contributed by atoms with van der Waals surface area (Å²) in [6, 6.07) is 2.80. The lowest BCUT2D eigenvalue weighted by Crippen LogP contribution is -2.34. The molecule has 0 aromatic heterocycles. The van der Waals surface area contributed by atoms with E-state index in [0.29, 0.717) is 19.0 Å². The van der Waals surface area contributed by atoms with Gasteiger partial charge in [-0.15, -0.1) is 0 Å². The van der Waals surface area contributed by atoms with Gasteiger partial charge in [-0.05, 0) is 24.6 Å². The van der Waals surface area contributed by atoms with Gasteiger partial charge in [-0.25, -0.2) is 0 Å². The van der Waals surface area contributed by atoms with Gasteiger partial charge in [0.05, 0.1) is 11.5 Å². The van der Waals surface area contributed by atoms with Crippen molar-refractivity contribution in [3.8, 4) is 0 Å². The molecule has 6 nitrogen and oxygen atoms in total. The molecule has 26 heavy (non-hydrogen) atoms. The van der Waals surface area contributed by atoms with Crippen LogP contribution in [0.25, 0.3) is 0 Å². The molecule has 0 aliphatic carbocycles. The number of halogens is 3. The van der Waals surface area contributed by atoms with Crippen LogP contribution in [0.5, 0.6) is 0 Å². The minimum absolute atomic E-state index is 0.0189. The molecule has 0 spiro atoms. The van der Waals surface area contributed by atoms with Crippen molar-refractivity contribution in [2.75, 3.05) is 25.0 Å². The lowest BCUT2D eigenvalue weighted by atomic mass is 10.1. The first-order valence-electron chi connectivity index (χ1n) is 8.01. The molecule has 1 heterocycles. The maximum absolute atomic E-state index is 13.2. The van der Waals surface area contributed by atoms with Gasteiger partial charge in [0, 0.05) is 37.8 Å². The van der Waals surface area contributed by atoms with Crippen LogP contribution in [0.4, 0.5) is 18.9 Å². The van der Waals surface area contributed by atoms with Gasteiger partial charge in [-0.3, -0.25) is 14.4 Å². The van der Waals surface area contributed by atoms with Crippen molar-refractivity contribution in [1.82, 2.24) is 4.90 Å². The zero-order valence-corrected chi connectivity index (χ0v) is 14.3. The van der Waals surface area contributed by atoms with E-state index < -0.39 is 29.5 Å². The van der Waals surface area contributed by atoms with Gasteiger partial charge in [-0.2, -0.15) is 13.2 Å². The van der Waals surface area contributed by atoms with Crippen LogP contribution in [0.2, 0.25) is 0 Å². The van der Waals surface area contributed by atoms with E-state index in [9.17, 15) is 27.6 Å². The van der Waals surface area contributed by atoms with Crippen LogP contribution in [0, 0.1) is 5.92 Å². The molecule has 1 aromatic rings. The van der Waals surface area contributed by atoms with Crippen molar-refractivity contribution < 1.29 is 32.7 Å². The molecule has 2 amide bonds. The summed E-state index contributed by atoms with van der Waals surface area (Å²) < 4.78 is 39.6. The lowest BCUT2D eigenvalue weighted by molar-refractivity contribution is -0.141. The third-order valence-electron chi connectivity index (χ3n) is 4.19. The maximum atomic E-state index is 13.2. The molecule has 1 saturated heterocycles. The third kappa shape index (κ3) is 4.33. The molecule has 1 aliphatic heterocycles. The number of carbonyl (C=O) groups is 3. The van der Waals surface area contributed by atoms with E-state index in [2.05, 4.69) is 0 Å². The van der Waals surface area contributed by atoms with Crippen LogP contribution in [0.3, 0.4) is 0 Å². The number of carbonyl (C=O) groups excluding carboxylic acids is 2. The number of anilines is 1. The number of carboxylic acid groups (broad SMARTS) is 1. The molecule has 0 radical (unpaired) electrons. The number of alkyl halides is 3. The van der Waals surface area contributed by atoms with Gasteiger partial charge in [0.15, 0.2) is 0 Å². The molecular formula is C17H19F3N2O4. The highest BCUT2D eigenvalue weighted by Gasteiger charge is 2.34. The second-order valence-corrected chi connectivity index (χ2v) is 6.34. The molecule has 2 rings (SSSR count). The van der Waals surface area contributed by atoms with E-state index in [1.807, 2.05) is 0 Å². The van der Waals surface area contributed by atoms with E-state index in [0.717, 1.165) is 11.0 Å². The van der Waals surface area contributed by atoms with Crippen LogP contribution < -0.4 is 4.90 Å². The Balaban J connectivity index is 2.39. The highest BCUT2D eigenvalue weighted by molar-refractivity contribution is 5.99. The van der Waals surface area contributed by atoms with Crippen molar-refractivity contribution in [3.63, 3.8) is 0 Å². The molecule has 1 aliphatic rings. The van der Waals surface area contributed by atoms with Crippen molar-refractivity contribution in [3.05, 3.63) is 29.3 Å². The largest absolute Gasteiger partial charge is 0.481 e. The van der Waals surface area contributed by atoms with E-state index in [-0.39, 0.29) is 30.1 Å². The van der Waals surface area contributed by atoms with Crippen molar-refractivity contribution in [1.29, 1.82) is 0 Å². The number of rotatable bonds is 5. The fraction of sp³-hybridized carbons (Fsp3) is 0.471. The number of nitrogens with zero attached hydrogens (tertiary/aromatic N) is 2. The Kier molecular flexibility index (Phi) is 5.58. The summed E-state index contributed by atoms with van der Waals surface area (Å²) in [5.41, 5.74) is -1.25. The monoisotopic (exact) mass is 372 g/mol. The molecule has 1 fully saturated rings. The zero-order chi connectivity index (χ0) is 19.6. The maximum Gasteiger partial charge on any atom is 0.416 e. The van der Waals surface area contributed by atoms with Gasteiger partial charge >= 0.3 is 12.1 Å². The first-order valence-corrected chi connectivity index (χ1v) is 8.01. The second-order valence-electron chi connectivity index (χ2n) is 6.34. The quantitative estimate of drug-likeness (QED) is 0.862. The number of amides is 2. The minimum atomic E-state index is -4.68. The normalized spacial score (nSPS) is 15.9. The number of aliphatic carboxylic acids is 1. The second kappa shape index (κ2) is 7.35. The van der Waals surface area contributed by atoms with E-state index in [4.69, 9.17) is 5.11 Å². The molecule has 1 N–H and O–H groups in total. The number of hydrogen-bond acceptors (Lipinski definition) is 3. The molecule has 1 aromatic carbocycles. The predicted molar refractivity (Wildman–Crippen MR) is 86.8 cm³/mol. The van der Waals surface area contributed by atoms with Crippen molar-refractivity contribution >= 4 is 23.5 Å². The van der Waals surface area contributed by atoms with Gasteiger partial charge in [0.1, 0.15) is 0 Å². The molecule has 1 atom stereocenters. The fourth-order valence-electron chi connectivity index (χ4n) is 2.77. The number of hydrogen-bond donors (Lipinski definition) is 1. The molecule has 0 saturated carbocycles. The smallest absolute Gasteiger partial charge is 0.416 e. The molecular weight excluding hydrogens is 353 g/mol. The topological polar surface area (TPSA) is 77.9 Å². The SMILES string of the molecule is CC(CN(C)C(=O)c1cc(N2CCCC2=O)cc(C(F)(F)F)c1)C(=O)O. The predicted octanol–water partition coefficient (Wildman–Crippen LogP) is 2.62. The highest BCUT2D eigenvalue weighted by Crippen LogP contribution is 2.34. The van der Waals surface area contributed by atoms with Gasteiger partial charge in [0.2, 0.25) is 5.91 Å². The molecule has 1 unspecified atom stereocenters. The fourth-order valence-corrected chi connectivity index (χ4v) is 2.77. The summed E-state index contributed by atoms with van der Waals surface area (Å²) in [5.74, 6) is -3.01. The average Bonchev–Trinajstić information content (AvgIpc) is 2.98. The van der Waals surface area contributed by atoms with Crippen LogP contribution >= 0.6 is 0 Å². The standard InChI is InChI=1S/C17H19F3N2O4/c1-10(16(25)26)9-21(2)15(24)11-6-12(17(18,19)20)8-13(7-11)22-5-3-4-14(22)23/h6-8,10H,3-5,9H2,1-2H3,(H,25,26). The van der Waals surface area contributed by atoms with Gasteiger partial charge < -0.3 is 14.9 Å². The van der Waals surface area contributed by atoms with Crippen molar-refractivity contribution in [2.45, 2.75) is 25.9 Å². The summed E-state index contributed by atoms with van der Waals surface area (Å²) in [7, 11) is 1.32. The summed E-state index contributed by atoms with van der Waals surface area (Å²) in [4.78, 5) is 37.5. The van der Waals surface area contributed by atoms with Crippen LogP contribution in [0.1, 0.15) is 35.7 Å². The summed E-state index contributed by atoms with van der Waals surface area (Å²) in [6.45, 7) is 1.54. The Morgan fingerprint density at radius 2 is 1.96 bits per heavy atom. The average molecular weight is 372 g/mol. The van der Waals surface area contributed by atoms with Crippen LogP contribution in [-0.2, 0) is 15.8 Å². The Morgan fingerprint density at radius 3 is 2.46 bits per heavy atom. The van der Waals surface area contributed by atoms with Crippen LogP contribution in [0.15, 0.2) is 18.2 Å². The highest BCUT2D eigenvalue weighted by atomic mass is 19.4. The Morgan fingerprint density at radius 1 is 1.31 bits per heavy atom. The van der Waals surface area contributed by atoms with Crippen LogP contribution in [-0.4, -0.2) is 47.9 Å². The summed E-state index contributed by atoms with van der Waals surface area (Å²) in [5, 5.41) is 8.92. The molecule has 142 valence electrons. The number of carboxylic acids is 1. The summed E-state index contributed by atoms with van der Waals surface area (Å²) >= 11 is 0. The summed E-state index contributed by atoms with van der Waals surface area (Å²) in [6.07, 6.45) is -3.90. The van der Waals surface area contributed by atoms with E-state index in [1.165, 1.54) is 24.9 Å². The first-order chi connectivity index (χ1) is 12.0. The molecule has 0 bridgehead atoms. The van der Waals surface area contributed by atoms with Gasteiger partial charge in [0.25, 0.3) is 5.91 Å². The van der Waals surface area contributed by atoms with E-state index >= 15 is 0 Å². The third-order valence-corrected chi connectivity index (χ3v) is 4.19. The lowest BCUT2D eigenvalue weighted by Gasteiger charge is -2.22. The Labute approximate surface area is 148 Å². The Bertz CT molecular complexity index is 733. The van der Waals surface area contributed by atoms with Gasteiger partial charge in [-0.1, -0.05) is 6.92 Å².